The first-order chi connectivity index (χ1) is 9.24. The van der Waals surface area contributed by atoms with Gasteiger partial charge in [0.25, 0.3) is 0 Å². The molecule has 1 aromatic carbocycles. The van der Waals surface area contributed by atoms with Crippen molar-refractivity contribution in [3.63, 3.8) is 0 Å². The van der Waals surface area contributed by atoms with Gasteiger partial charge < -0.3 is 9.64 Å². The molecule has 1 N–H and O–H groups in total. The summed E-state index contributed by atoms with van der Waals surface area (Å²) in [5, 5.41) is 9.84. The molecule has 0 bridgehead atoms. The van der Waals surface area contributed by atoms with Crippen molar-refractivity contribution in [3.8, 4) is 5.75 Å². The van der Waals surface area contributed by atoms with Crippen LogP contribution in [-0.4, -0.2) is 46.3 Å². The molecule has 1 rings (SSSR count). The van der Waals surface area contributed by atoms with Crippen molar-refractivity contribution in [2.24, 2.45) is 0 Å². The fourth-order valence-corrected chi connectivity index (χ4v) is 1.26. The highest BCUT2D eigenvalue weighted by atomic mass is 16.6. The van der Waals surface area contributed by atoms with Crippen molar-refractivity contribution in [1.82, 2.24) is 4.90 Å². The molecule has 0 aliphatic rings. The lowest BCUT2D eigenvalue weighted by Crippen LogP contribution is -2.31. The van der Waals surface area contributed by atoms with E-state index in [1.165, 1.54) is 4.90 Å². The normalized spacial score (nSPS) is 12.2. The molecule has 0 spiro atoms. The van der Waals surface area contributed by atoms with Crippen LogP contribution in [0.25, 0.3) is 0 Å². The SMILES string of the molecule is CCN(C)C(=O)Oc1ccc(/C=[N+](\O)C(C)(C)C)cc1. The smallest absolute Gasteiger partial charge is 0.410 e. The first-order valence-corrected chi connectivity index (χ1v) is 6.60. The van der Waals surface area contributed by atoms with Gasteiger partial charge in [-0.2, -0.15) is 0 Å². The van der Waals surface area contributed by atoms with Gasteiger partial charge in [-0.25, -0.2) is 4.79 Å². The maximum absolute atomic E-state index is 11.6. The second kappa shape index (κ2) is 6.41. The molecule has 0 heterocycles. The van der Waals surface area contributed by atoms with E-state index in [0.29, 0.717) is 12.3 Å². The maximum Gasteiger partial charge on any atom is 0.414 e. The molecule has 0 saturated carbocycles. The van der Waals surface area contributed by atoms with Crippen LogP contribution in [0, 0.1) is 0 Å². The molecule has 1 aromatic rings. The Labute approximate surface area is 120 Å². The highest BCUT2D eigenvalue weighted by Crippen LogP contribution is 2.13. The summed E-state index contributed by atoms with van der Waals surface area (Å²) in [6.07, 6.45) is 1.24. The predicted molar refractivity (Wildman–Crippen MR) is 77.7 cm³/mol. The molecule has 0 saturated heterocycles. The Balaban J connectivity index is 2.77. The highest BCUT2D eigenvalue weighted by molar-refractivity contribution is 5.76. The number of carbonyl (C=O) groups is 1. The third kappa shape index (κ3) is 4.57. The van der Waals surface area contributed by atoms with Gasteiger partial charge in [0.2, 0.25) is 11.8 Å². The molecule has 5 nitrogen and oxygen atoms in total. The third-order valence-electron chi connectivity index (χ3n) is 2.83. The Morgan fingerprint density at radius 3 is 2.35 bits per heavy atom. The number of hydrogen-bond donors (Lipinski definition) is 1. The standard InChI is InChI=1S/C15H23N2O3/c1-6-16(5)14(18)20-13-9-7-12(8-10-13)11-17(19)15(2,3)4/h7-11,19H,6H2,1-5H3/q+1/b17-11-. The van der Waals surface area contributed by atoms with Crippen molar-refractivity contribution in [3.05, 3.63) is 29.8 Å². The quantitative estimate of drug-likeness (QED) is 0.400. The number of benzene rings is 1. The summed E-state index contributed by atoms with van der Waals surface area (Å²) in [5.41, 5.74) is 0.459. The summed E-state index contributed by atoms with van der Waals surface area (Å²) in [5.74, 6) is 0.479. The fraction of sp³-hybridized carbons (Fsp3) is 0.467. The number of nitrogens with zero attached hydrogens (tertiary/aromatic N) is 2. The van der Waals surface area contributed by atoms with Crippen LogP contribution in [0.4, 0.5) is 4.79 Å². The van der Waals surface area contributed by atoms with Gasteiger partial charge in [-0.05, 0) is 35.9 Å². The largest absolute Gasteiger partial charge is 0.414 e. The van der Waals surface area contributed by atoms with E-state index in [-0.39, 0.29) is 11.6 Å². The van der Waals surface area contributed by atoms with E-state index in [1.54, 1.807) is 37.5 Å². The highest BCUT2D eigenvalue weighted by Gasteiger charge is 2.24. The van der Waals surface area contributed by atoms with E-state index in [0.717, 1.165) is 10.3 Å². The average Bonchev–Trinajstić information content (AvgIpc) is 2.38. The Kier molecular flexibility index (Phi) is 5.13. The zero-order valence-corrected chi connectivity index (χ0v) is 12.8. The number of hydroxylamine groups is 1. The van der Waals surface area contributed by atoms with Gasteiger partial charge >= 0.3 is 6.09 Å². The molecule has 110 valence electrons. The van der Waals surface area contributed by atoms with Crippen LogP contribution >= 0.6 is 0 Å². The number of hydrogen-bond acceptors (Lipinski definition) is 3. The molecule has 0 aliphatic heterocycles. The number of rotatable bonds is 3. The van der Waals surface area contributed by atoms with Crippen molar-refractivity contribution >= 4 is 12.3 Å². The number of ether oxygens (including phenoxy) is 1. The summed E-state index contributed by atoms with van der Waals surface area (Å²) in [4.78, 5) is 13.1. The summed E-state index contributed by atoms with van der Waals surface area (Å²) in [6.45, 7) is 8.18. The maximum atomic E-state index is 11.6. The van der Waals surface area contributed by atoms with Crippen molar-refractivity contribution in [1.29, 1.82) is 0 Å². The lowest BCUT2D eigenvalue weighted by Gasteiger charge is -2.14. The monoisotopic (exact) mass is 279 g/mol. The zero-order chi connectivity index (χ0) is 15.3. The minimum absolute atomic E-state index is 0.366. The zero-order valence-electron chi connectivity index (χ0n) is 12.8. The molecule has 0 radical (unpaired) electrons. The van der Waals surface area contributed by atoms with Crippen molar-refractivity contribution in [2.45, 2.75) is 33.2 Å². The summed E-state index contributed by atoms with van der Waals surface area (Å²) >= 11 is 0. The lowest BCUT2D eigenvalue weighted by atomic mass is 10.1. The Bertz CT molecular complexity index is 487. The second-order valence-corrected chi connectivity index (χ2v) is 5.60. The van der Waals surface area contributed by atoms with Gasteiger partial charge in [0.1, 0.15) is 5.75 Å². The Hall–Kier alpha value is -2.04. The number of carbonyl (C=O) groups excluding carboxylic acids is 1. The Morgan fingerprint density at radius 2 is 1.90 bits per heavy atom. The second-order valence-electron chi connectivity index (χ2n) is 5.60. The average molecular weight is 279 g/mol. The summed E-state index contributed by atoms with van der Waals surface area (Å²) in [7, 11) is 1.68. The first kappa shape index (κ1) is 16.0. The molecule has 0 aliphatic carbocycles. The van der Waals surface area contributed by atoms with Crippen LogP contribution in [-0.2, 0) is 0 Å². The minimum atomic E-state index is -0.386. The van der Waals surface area contributed by atoms with E-state index in [1.807, 2.05) is 27.7 Å². The van der Waals surface area contributed by atoms with Crippen molar-refractivity contribution < 1.29 is 19.5 Å². The van der Waals surface area contributed by atoms with Crippen LogP contribution in [0.5, 0.6) is 5.75 Å². The molecular formula is C15H23N2O3+. The van der Waals surface area contributed by atoms with Gasteiger partial charge in [-0.1, -0.05) is 0 Å². The summed E-state index contributed by atoms with van der Waals surface area (Å²) < 4.78 is 6.34. The molecule has 0 aromatic heterocycles. The summed E-state index contributed by atoms with van der Waals surface area (Å²) in [6, 6.07) is 6.96. The van der Waals surface area contributed by atoms with Crippen LogP contribution in [0.3, 0.4) is 0 Å². The van der Waals surface area contributed by atoms with Crippen molar-refractivity contribution in [2.75, 3.05) is 13.6 Å². The molecule has 0 atom stereocenters. The van der Waals surface area contributed by atoms with Gasteiger partial charge in [0.15, 0.2) is 0 Å². The van der Waals surface area contributed by atoms with Crippen LogP contribution < -0.4 is 4.74 Å². The molecule has 1 amide bonds. The molecule has 5 heteroatoms. The van der Waals surface area contributed by atoms with Gasteiger partial charge in [0, 0.05) is 39.9 Å². The Morgan fingerprint density at radius 1 is 1.35 bits per heavy atom. The van der Waals surface area contributed by atoms with Crippen LogP contribution in [0.15, 0.2) is 24.3 Å². The van der Waals surface area contributed by atoms with E-state index in [9.17, 15) is 10.0 Å². The van der Waals surface area contributed by atoms with E-state index in [2.05, 4.69) is 0 Å². The predicted octanol–water partition coefficient (Wildman–Crippen LogP) is 2.76. The van der Waals surface area contributed by atoms with E-state index < -0.39 is 0 Å². The fourth-order valence-electron chi connectivity index (χ4n) is 1.26. The molecule has 0 unspecified atom stereocenters. The molecular weight excluding hydrogens is 256 g/mol. The first-order valence-electron chi connectivity index (χ1n) is 6.60. The molecule has 20 heavy (non-hydrogen) atoms. The van der Waals surface area contributed by atoms with Crippen LogP contribution in [0.1, 0.15) is 33.3 Å². The van der Waals surface area contributed by atoms with E-state index >= 15 is 0 Å². The van der Waals surface area contributed by atoms with Crippen LogP contribution in [0.2, 0.25) is 0 Å². The number of amides is 1. The lowest BCUT2D eigenvalue weighted by molar-refractivity contribution is -0.816. The van der Waals surface area contributed by atoms with E-state index in [4.69, 9.17) is 4.74 Å². The molecule has 0 fully saturated rings. The van der Waals surface area contributed by atoms with Gasteiger partial charge in [-0.15, -0.1) is 0 Å². The van der Waals surface area contributed by atoms with Gasteiger partial charge in [-0.3, -0.25) is 5.21 Å². The topological polar surface area (TPSA) is 52.8 Å². The minimum Gasteiger partial charge on any atom is -0.410 e. The third-order valence-corrected chi connectivity index (χ3v) is 2.83. The van der Waals surface area contributed by atoms with Gasteiger partial charge in [0.05, 0.1) is 0 Å².